The molecule has 0 aliphatic heterocycles. The summed E-state index contributed by atoms with van der Waals surface area (Å²) in [6, 6.07) is 19.6. The molecule has 108 valence electrons. The van der Waals surface area contributed by atoms with Gasteiger partial charge in [0.2, 0.25) is 0 Å². The van der Waals surface area contributed by atoms with E-state index < -0.39 is 0 Å². The fraction of sp³-hybridized carbons (Fsp3) is 0.350. The molecule has 2 aromatic rings. The van der Waals surface area contributed by atoms with Crippen LogP contribution in [0.25, 0.3) is 11.1 Å². The maximum atomic E-state index is 6.13. The van der Waals surface area contributed by atoms with Crippen LogP contribution in [-0.4, -0.2) is 6.61 Å². The van der Waals surface area contributed by atoms with Crippen LogP contribution in [-0.2, 0) is 0 Å². The SMILES string of the molecule is [CH2]C1CCC(COc2ccccc2-c2[c]cccc2)CC1. The van der Waals surface area contributed by atoms with Crippen LogP contribution in [0.15, 0.2) is 48.5 Å². The molecule has 1 nitrogen and oxygen atoms in total. The van der Waals surface area contributed by atoms with Crippen molar-refractivity contribution < 1.29 is 4.74 Å². The monoisotopic (exact) mass is 278 g/mol. The van der Waals surface area contributed by atoms with E-state index >= 15 is 0 Å². The second-order valence-corrected chi connectivity index (χ2v) is 5.97. The van der Waals surface area contributed by atoms with Gasteiger partial charge in [-0.2, -0.15) is 0 Å². The summed E-state index contributed by atoms with van der Waals surface area (Å²) in [6.07, 6.45) is 4.96. The Hall–Kier alpha value is -1.76. The molecule has 0 spiro atoms. The van der Waals surface area contributed by atoms with Crippen molar-refractivity contribution in [2.75, 3.05) is 6.61 Å². The molecular formula is C20H22O. The zero-order valence-corrected chi connectivity index (χ0v) is 12.4. The Balaban J connectivity index is 1.69. The number of benzene rings is 2. The lowest BCUT2D eigenvalue weighted by molar-refractivity contribution is 0.194. The van der Waals surface area contributed by atoms with Crippen LogP contribution in [0.4, 0.5) is 0 Å². The highest BCUT2D eigenvalue weighted by atomic mass is 16.5. The fourth-order valence-corrected chi connectivity index (χ4v) is 2.98. The van der Waals surface area contributed by atoms with Crippen LogP contribution in [0.5, 0.6) is 5.75 Å². The molecular weight excluding hydrogens is 256 g/mol. The van der Waals surface area contributed by atoms with Gasteiger partial charge in [0.25, 0.3) is 0 Å². The van der Waals surface area contributed by atoms with Crippen molar-refractivity contribution in [3.8, 4) is 16.9 Å². The first-order valence-electron chi connectivity index (χ1n) is 7.85. The van der Waals surface area contributed by atoms with Crippen LogP contribution in [0.3, 0.4) is 0 Å². The summed E-state index contributed by atoms with van der Waals surface area (Å²) in [5.74, 6) is 2.29. The molecule has 0 unspecified atom stereocenters. The number of hydrogen-bond acceptors (Lipinski definition) is 1. The standard InChI is InChI=1S/C20H22O/c1-16-11-13-17(14-12-16)15-21-20-10-6-5-9-19(20)18-7-3-2-4-8-18/h2-7,9-10,16-17H,1,11-15H2. The Bertz CT molecular complexity index is 553. The van der Waals surface area contributed by atoms with Gasteiger partial charge in [-0.1, -0.05) is 62.2 Å². The summed E-state index contributed by atoms with van der Waals surface area (Å²) in [5, 5.41) is 0. The van der Waals surface area contributed by atoms with Crippen LogP contribution in [0.1, 0.15) is 25.7 Å². The largest absolute Gasteiger partial charge is 0.493 e. The van der Waals surface area contributed by atoms with E-state index in [0.717, 1.165) is 23.5 Å². The fourth-order valence-electron chi connectivity index (χ4n) is 2.98. The van der Waals surface area contributed by atoms with Gasteiger partial charge in [0.1, 0.15) is 5.75 Å². The van der Waals surface area contributed by atoms with E-state index in [1.165, 1.54) is 25.7 Å². The zero-order chi connectivity index (χ0) is 14.5. The molecule has 21 heavy (non-hydrogen) atoms. The molecule has 1 fully saturated rings. The molecule has 1 saturated carbocycles. The van der Waals surface area contributed by atoms with Crippen molar-refractivity contribution >= 4 is 0 Å². The van der Waals surface area contributed by atoms with Crippen molar-refractivity contribution in [1.82, 2.24) is 0 Å². The molecule has 2 aromatic carbocycles. The summed E-state index contributed by atoms with van der Waals surface area (Å²) < 4.78 is 6.13. The summed E-state index contributed by atoms with van der Waals surface area (Å²) in [4.78, 5) is 0. The normalized spacial score (nSPS) is 22.0. The Morgan fingerprint density at radius 3 is 2.52 bits per heavy atom. The Kier molecular flexibility index (Phi) is 4.59. The van der Waals surface area contributed by atoms with Crippen LogP contribution < -0.4 is 4.74 Å². The maximum absolute atomic E-state index is 6.13. The van der Waals surface area contributed by atoms with Gasteiger partial charge < -0.3 is 4.74 Å². The van der Waals surface area contributed by atoms with Crippen molar-refractivity contribution in [3.63, 3.8) is 0 Å². The molecule has 0 amide bonds. The highest BCUT2D eigenvalue weighted by molar-refractivity contribution is 5.69. The topological polar surface area (TPSA) is 9.23 Å². The van der Waals surface area contributed by atoms with E-state index in [9.17, 15) is 0 Å². The van der Waals surface area contributed by atoms with E-state index in [4.69, 9.17) is 4.74 Å². The molecule has 0 atom stereocenters. The molecule has 0 heterocycles. The van der Waals surface area contributed by atoms with Crippen LogP contribution >= 0.6 is 0 Å². The Morgan fingerprint density at radius 1 is 1.00 bits per heavy atom. The third kappa shape index (κ3) is 3.66. The van der Waals surface area contributed by atoms with E-state index in [0.29, 0.717) is 11.8 Å². The van der Waals surface area contributed by atoms with Gasteiger partial charge in [-0.25, -0.2) is 0 Å². The van der Waals surface area contributed by atoms with Crippen molar-refractivity contribution in [3.05, 3.63) is 61.5 Å². The smallest absolute Gasteiger partial charge is 0.127 e. The highest BCUT2D eigenvalue weighted by Crippen LogP contribution is 2.32. The van der Waals surface area contributed by atoms with Crippen LogP contribution in [0.2, 0.25) is 0 Å². The van der Waals surface area contributed by atoms with Gasteiger partial charge in [0.15, 0.2) is 0 Å². The minimum atomic E-state index is 0.646. The highest BCUT2D eigenvalue weighted by Gasteiger charge is 2.19. The van der Waals surface area contributed by atoms with Crippen molar-refractivity contribution in [2.45, 2.75) is 25.7 Å². The first kappa shape index (κ1) is 14.2. The third-order valence-electron chi connectivity index (χ3n) is 4.33. The lowest BCUT2D eigenvalue weighted by atomic mass is 9.83. The van der Waals surface area contributed by atoms with Crippen LogP contribution in [0, 0.1) is 24.8 Å². The molecule has 0 saturated heterocycles. The predicted octanol–water partition coefficient (Wildman–Crippen LogP) is 5.17. The zero-order valence-electron chi connectivity index (χ0n) is 12.4. The second-order valence-electron chi connectivity index (χ2n) is 5.97. The summed E-state index contributed by atoms with van der Waals surface area (Å²) in [5.41, 5.74) is 2.22. The second kappa shape index (κ2) is 6.80. The number of hydrogen-bond donors (Lipinski definition) is 0. The molecule has 1 aliphatic rings. The van der Waals surface area contributed by atoms with Gasteiger partial charge in [-0.3, -0.25) is 0 Å². The van der Waals surface area contributed by atoms with E-state index in [2.05, 4.69) is 37.3 Å². The first-order valence-corrected chi connectivity index (χ1v) is 7.85. The molecule has 1 aliphatic carbocycles. The molecule has 2 radical (unpaired) electrons. The summed E-state index contributed by atoms with van der Waals surface area (Å²) >= 11 is 0. The van der Waals surface area contributed by atoms with Gasteiger partial charge in [-0.15, -0.1) is 0 Å². The van der Waals surface area contributed by atoms with E-state index in [1.54, 1.807) is 0 Å². The van der Waals surface area contributed by atoms with Crippen molar-refractivity contribution in [1.29, 1.82) is 0 Å². The van der Waals surface area contributed by atoms with Gasteiger partial charge in [0, 0.05) is 5.56 Å². The number of para-hydroxylation sites is 1. The lowest BCUT2D eigenvalue weighted by Crippen LogP contribution is -2.19. The molecule has 0 N–H and O–H groups in total. The summed E-state index contributed by atoms with van der Waals surface area (Å²) in [7, 11) is 0. The van der Waals surface area contributed by atoms with Gasteiger partial charge in [-0.05, 0) is 42.4 Å². The average molecular weight is 278 g/mol. The van der Waals surface area contributed by atoms with Gasteiger partial charge in [0.05, 0.1) is 6.61 Å². The minimum absolute atomic E-state index is 0.646. The molecule has 0 bridgehead atoms. The lowest BCUT2D eigenvalue weighted by Gasteiger charge is -2.26. The Morgan fingerprint density at radius 2 is 1.76 bits per heavy atom. The summed E-state index contributed by atoms with van der Waals surface area (Å²) in [6.45, 7) is 4.98. The first-order chi connectivity index (χ1) is 10.3. The molecule has 0 aromatic heterocycles. The molecule has 1 heteroatoms. The van der Waals surface area contributed by atoms with Gasteiger partial charge >= 0.3 is 0 Å². The van der Waals surface area contributed by atoms with E-state index in [-0.39, 0.29) is 0 Å². The maximum Gasteiger partial charge on any atom is 0.127 e. The molecule has 3 rings (SSSR count). The Labute approximate surface area is 128 Å². The number of ether oxygens (including phenoxy) is 1. The predicted molar refractivity (Wildman–Crippen MR) is 87.0 cm³/mol. The quantitative estimate of drug-likeness (QED) is 0.749. The number of rotatable bonds is 4. The minimum Gasteiger partial charge on any atom is -0.493 e. The van der Waals surface area contributed by atoms with Crippen molar-refractivity contribution in [2.24, 2.45) is 11.8 Å². The average Bonchev–Trinajstić information content (AvgIpc) is 2.55. The third-order valence-corrected chi connectivity index (χ3v) is 4.33. The van der Waals surface area contributed by atoms with E-state index in [1.807, 2.05) is 24.3 Å².